The van der Waals surface area contributed by atoms with Crippen LogP contribution in [0.5, 0.6) is 0 Å². The number of hydrogen-bond donors (Lipinski definition) is 0. The predicted octanol–water partition coefficient (Wildman–Crippen LogP) is 3.50. The first kappa shape index (κ1) is 11.6. The fourth-order valence-electron chi connectivity index (χ4n) is 2.05. The van der Waals surface area contributed by atoms with Crippen LogP contribution < -0.4 is 0 Å². The van der Waals surface area contributed by atoms with Crippen molar-refractivity contribution in [3.05, 3.63) is 21.9 Å². The molecule has 2 heterocycles. The zero-order valence-electron chi connectivity index (χ0n) is 10.0. The number of carbonyl (C=O) groups is 1. The summed E-state index contributed by atoms with van der Waals surface area (Å²) in [6.07, 6.45) is 3.59. The highest BCUT2D eigenvalue weighted by Crippen LogP contribution is 2.24. The number of hydrogen-bond acceptors (Lipinski definition) is 2. The molecule has 0 saturated carbocycles. The van der Waals surface area contributed by atoms with E-state index in [9.17, 15) is 4.79 Å². The lowest BCUT2D eigenvalue weighted by Gasteiger charge is -2.26. The van der Waals surface area contributed by atoms with Gasteiger partial charge in [-0.1, -0.05) is 13.8 Å². The molecule has 0 N–H and O–H groups in total. The van der Waals surface area contributed by atoms with Gasteiger partial charge in [-0.2, -0.15) is 0 Å². The van der Waals surface area contributed by atoms with E-state index in [0.29, 0.717) is 5.92 Å². The van der Waals surface area contributed by atoms with Gasteiger partial charge in [0.2, 0.25) is 0 Å². The minimum Gasteiger partial charge on any atom is -0.339 e. The van der Waals surface area contributed by atoms with Crippen molar-refractivity contribution in [1.29, 1.82) is 0 Å². The first-order valence-electron chi connectivity index (χ1n) is 6.06. The number of nitrogens with zero attached hydrogens (tertiary/aromatic N) is 1. The lowest BCUT2D eigenvalue weighted by molar-refractivity contribution is 0.0725. The quantitative estimate of drug-likeness (QED) is 0.771. The molecule has 0 radical (unpaired) electrons. The molecule has 1 aromatic rings. The fraction of sp³-hybridized carbons (Fsp3) is 0.615. The summed E-state index contributed by atoms with van der Waals surface area (Å²) in [6, 6.07) is 2.06. The standard InChI is InChI=1S/C13H19NOS/c1-10(2)12-8-11(9-16-12)13(15)14-6-4-3-5-7-14/h8-10H,3-7H2,1-2H3. The van der Waals surface area contributed by atoms with Crippen LogP contribution in [0.1, 0.15) is 54.3 Å². The van der Waals surface area contributed by atoms with Crippen LogP contribution in [0.4, 0.5) is 0 Å². The monoisotopic (exact) mass is 237 g/mol. The van der Waals surface area contributed by atoms with E-state index in [1.807, 2.05) is 10.3 Å². The molecule has 1 amide bonds. The van der Waals surface area contributed by atoms with Crippen molar-refractivity contribution >= 4 is 17.2 Å². The second-order valence-corrected chi connectivity index (χ2v) is 5.69. The average Bonchev–Trinajstić information content (AvgIpc) is 2.78. The summed E-state index contributed by atoms with van der Waals surface area (Å²) in [7, 11) is 0. The molecule has 2 nitrogen and oxygen atoms in total. The van der Waals surface area contributed by atoms with Gasteiger partial charge in [-0.25, -0.2) is 0 Å². The van der Waals surface area contributed by atoms with Crippen molar-refractivity contribution < 1.29 is 4.79 Å². The Balaban J connectivity index is 2.07. The highest BCUT2D eigenvalue weighted by Gasteiger charge is 2.19. The number of thiophene rings is 1. The first-order chi connectivity index (χ1) is 7.68. The van der Waals surface area contributed by atoms with E-state index in [4.69, 9.17) is 0 Å². The number of rotatable bonds is 2. The molecule has 0 unspecified atom stereocenters. The Hall–Kier alpha value is -0.830. The molecule has 0 atom stereocenters. The van der Waals surface area contributed by atoms with E-state index < -0.39 is 0 Å². The fourth-order valence-corrected chi connectivity index (χ4v) is 2.95. The molecule has 1 fully saturated rings. The molecule has 0 aromatic carbocycles. The Kier molecular flexibility index (Phi) is 3.64. The van der Waals surface area contributed by atoms with Crippen molar-refractivity contribution in [1.82, 2.24) is 4.90 Å². The largest absolute Gasteiger partial charge is 0.339 e. The maximum Gasteiger partial charge on any atom is 0.254 e. The van der Waals surface area contributed by atoms with Crippen molar-refractivity contribution in [3.8, 4) is 0 Å². The Morgan fingerprint density at radius 3 is 2.56 bits per heavy atom. The van der Waals surface area contributed by atoms with Crippen LogP contribution in [0.25, 0.3) is 0 Å². The van der Waals surface area contributed by atoms with Crippen LogP contribution in [-0.2, 0) is 0 Å². The number of amides is 1. The maximum absolute atomic E-state index is 12.2. The van der Waals surface area contributed by atoms with Gasteiger partial charge in [0.25, 0.3) is 5.91 Å². The van der Waals surface area contributed by atoms with Gasteiger partial charge in [-0.05, 0) is 31.2 Å². The smallest absolute Gasteiger partial charge is 0.254 e. The molecule has 3 heteroatoms. The van der Waals surface area contributed by atoms with Gasteiger partial charge in [-0.3, -0.25) is 4.79 Å². The number of likely N-dealkylation sites (tertiary alicyclic amines) is 1. The number of piperidine rings is 1. The molecule has 88 valence electrons. The van der Waals surface area contributed by atoms with Crippen LogP contribution in [-0.4, -0.2) is 23.9 Å². The third-order valence-corrected chi connectivity index (χ3v) is 4.31. The molecular weight excluding hydrogens is 218 g/mol. The molecule has 2 rings (SSSR count). The summed E-state index contributed by atoms with van der Waals surface area (Å²) in [5, 5.41) is 2.01. The number of carbonyl (C=O) groups excluding carboxylic acids is 1. The second-order valence-electron chi connectivity index (χ2n) is 4.75. The predicted molar refractivity (Wildman–Crippen MR) is 68.2 cm³/mol. The molecule has 1 aliphatic rings. The highest BCUT2D eigenvalue weighted by molar-refractivity contribution is 7.10. The summed E-state index contributed by atoms with van der Waals surface area (Å²) in [5.74, 6) is 0.746. The van der Waals surface area contributed by atoms with Crippen molar-refractivity contribution in [2.24, 2.45) is 0 Å². The van der Waals surface area contributed by atoms with E-state index in [1.165, 1.54) is 11.3 Å². The van der Waals surface area contributed by atoms with Crippen LogP contribution in [0.2, 0.25) is 0 Å². The maximum atomic E-state index is 12.2. The van der Waals surface area contributed by atoms with Gasteiger partial charge in [0, 0.05) is 23.3 Å². The normalized spacial score (nSPS) is 16.8. The summed E-state index contributed by atoms with van der Waals surface area (Å²) in [6.45, 7) is 6.21. The molecule has 1 aromatic heterocycles. The Labute approximate surface area is 101 Å². The van der Waals surface area contributed by atoms with Crippen LogP contribution in [0.3, 0.4) is 0 Å². The third-order valence-electron chi connectivity index (χ3n) is 3.08. The second kappa shape index (κ2) is 5.00. The van der Waals surface area contributed by atoms with Gasteiger partial charge >= 0.3 is 0 Å². The van der Waals surface area contributed by atoms with E-state index in [0.717, 1.165) is 31.5 Å². The Morgan fingerprint density at radius 1 is 1.31 bits per heavy atom. The lowest BCUT2D eigenvalue weighted by atomic mass is 10.1. The third kappa shape index (κ3) is 2.46. The van der Waals surface area contributed by atoms with E-state index in [1.54, 1.807) is 11.3 Å². The van der Waals surface area contributed by atoms with E-state index >= 15 is 0 Å². The molecule has 0 aliphatic carbocycles. The first-order valence-corrected chi connectivity index (χ1v) is 6.94. The molecule has 16 heavy (non-hydrogen) atoms. The van der Waals surface area contributed by atoms with Gasteiger partial charge < -0.3 is 4.90 Å². The van der Waals surface area contributed by atoms with Crippen LogP contribution in [0, 0.1) is 0 Å². The SMILES string of the molecule is CC(C)c1cc(C(=O)N2CCCCC2)cs1. The van der Waals surface area contributed by atoms with E-state index in [2.05, 4.69) is 19.9 Å². The highest BCUT2D eigenvalue weighted by atomic mass is 32.1. The van der Waals surface area contributed by atoms with Crippen LogP contribution in [0.15, 0.2) is 11.4 Å². The topological polar surface area (TPSA) is 20.3 Å². The van der Waals surface area contributed by atoms with Crippen molar-refractivity contribution in [3.63, 3.8) is 0 Å². The van der Waals surface area contributed by atoms with E-state index in [-0.39, 0.29) is 5.91 Å². The molecule has 0 bridgehead atoms. The van der Waals surface area contributed by atoms with Gasteiger partial charge in [-0.15, -0.1) is 11.3 Å². The summed E-state index contributed by atoms with van der Waals surface area (Å²) >= 11 is 1.70. The Morgan fingerprint density at radius 2 is 2.00 bits per heavy atom. The van der Waals surface area contributed by atoms with Crippen LogP contribution >= 0.6 is 11.3 Å². The molecule has 0 spiro atoms. The lowest BCUT2D eigenvalue weighted by Crippen LogP contribution is -2.35. The van der Waals surface area contributed by atoms with Gasteiger partial charge in [0.15, 0.2) is 0 Å². The molecule has 1 aliphatic heterocycles. The Bertz CT molecular complexity index is 364. The zero-order chi connectivity index (χ0) is 11.5. The average molecular weight is 237 g/mol. The minimum absolute atomic E-state index is 0.225. The summed E-state index contributed by atoms with van der Waals surface area (Å²) in [5.41, 5.74) is 0.885. The van der Waals surface area contributed by atoms with Gasteiger partial charge in [0.05, 0.1) is 5.56 Å². The van der Waals surface area contributed by atoms with Crippen molar-refractivity contribution in [2.75, 3.05) is 13.1 Å². The summed E-state index contributed by atoms with van der Waals surface area (Å²) < 4.78 is 0. The van der Waals surface area contributed by atoms with Gasteiger partial charge in [0.1, 0.15) is 0 Å². The zero-order valence-corrected chi connectivity index (χ0v) is 10.8. The molecule has 1 saturated heterocycles. The summed E-state index contributed by atoms with van der Waals surface area (Å²) in [4.78, 5) is 15.5. The molecular formula is C13H19NOS. The minimum atomic E-state index is 0.225. The van der Waals surface area contributed by atoms with Crippen molar-refractivity contribution in [2.45, 2.75) is 39.0 Å².